The van der Waals surface area contributed by atoms with E-state index in [0.29, 0.717) is 5.56 Å². The summed E-state index contributed by atoms with van der Waals surface area (Å²) in [5.74, 6) is -2.53. The first-order chi connectivity index (χ1) is 17.9. The van der Waals surface area contributed by atoms with Crippen LogP contribution in [0.4, 0.5) is 9.59 Å². The molecule has 0 unspecified atom stereocenters. The molecular formula is C27H40N2O10. The molecule has 0 aliphatic carbocycles. The van der Waals surface area contributed by atoms with Crippen molar-refractivity contribution < 1.29 is 47.7 Å². The van der Waals surface area contributed by atoms with Crippen molar-refractivity contribution in [2.24, 2.45) is 0 Å². The number of carbonyl (C=O) groups excluding carboxylic acids is 5. The molecule has 1 rings (SSSR count). The van der Waals surface area contributed by atoms with E-state index in [1.54, 1.807) is 85.7 Å². The van der Waals surface area contributed by atoms with Crippen molar-refractivity contribution in [2.75, 3.05) is 6.79 Å². The molecule has 2 amide bonds. The van der Waals surface area contributed by atoms with E-state index in [9.17, 15) is 24.0 Å². The normalized spacial score (nSPS) is 12.9. The van der Waals surface area contributed by atoms with Gasteiger partial charge in [-0.2, -0.15) is 0 Å². The molecule has 0 aliphatic heterocycles. The number of ether oxygens (including phenoxy) is 5. The van der Waals surface area contributed by atoms with Crippen molar-refractivity contribution in [2.45, 2.75) is 97.6 Å². The molecule has 12 heteroatoms. The number of hydrogen-bond acceptors (Lipinski definition) is 10. The second-order valence-corrected chi connectivity index (χ2v) is 10.9. The van der Waals surface area contributed by atoms with Crippen LogP contribution in [0.15, 0.2) is 30.3 Å². The molecule has 2 N–H and O–H groups in total. The van der Waals surface area contributed by atoms with Gasteiger partial charge >= 0.3 is 24.2 Å². The predicted molar refractivity (Wildman–Crippen MR) is 139 cm³/mol. The van der Waals surface area contributed by atoms with Crippen LogP contribution in [0.25, 0.3) is 0 Å². The molecule has 0 bridgehead atoms. The zero-order chi connectivity index (χ0) is 29.8. The molecule has 1 aromatic carbocycles. The van der Waals surface area contributed by atoms with Gasteiger partial charge in [-0.05, 0) is 61.0 Å². The van der Waals surface area contributed by atoms with E-state index in [4.69, 9.17) is 23.7 Å². The third kappa shape index (κ3) is 15.2. The quantitative estimate of drug-likeness (QED) is 0.237. The second kappa shape index (κ2) is 14.9. The average Bonchev–Trinajstić information content (AvgIpc) is 2.75. The Balaban J connectivity index is 3.07. The van der Waals surface area contributed by atoms with Crippen molar-refractivity contribution >= 4 is 30.1 Å². The largest absolute Gasteiger partial charge is 0.511 e. The van der Waals surface area contributed by atoms with Gasteiger partial charge in [-0.1, -0.05) is 30.3 Å². The van der Waals surface area contributed by atoms with Crippen LogP contribution in [0.1, 0.15) is 67.4 Å². The van der Waals surface area contributed by atoms with E-state index in [1.165, 1.54) is 0 Å². The Morgan fingerprint density at radius 1 is 0.795 bits per heavy atom. The molecule has 1 aromatic rings. The summed E-state index contributed by atoms with van der Waals surface area (Å²) in [4.78, 5) is 62.6. The maximum atomic E-state index is 13.3. The van der Waals surface area contributed by atoms with Crippen molar-refractivity contribution in [1.82, 2.24) is 10.6 Å². The van der Waals surface area contributed by atoms with E-state index in [1.807, 2.05) is 0 Å². The van der Waals surface area contributed by atoms with Crippen LogP contribution in [0, 0.1) is 0 Å². The minimum atomic E-state index is -1.43. The summed E-state index contributed by atoms with van der Waals surface area (Å²) in [5, 5.41) is 4.87. The highest BCUT2D eigenvalue weighted by Gasteiger charge is 2.32. The number of hydrogen-bond donors (Lipinski definition) is 2. The van der Waals surface area contributed by atoms with Crippen molar-refractivity contribution in [1.29, 1.82) is 0 Å². The van der Waals surface area contributed by atoms with Crippen LogP contribution < -0.4 is 10.6 Å². The smallest absolute Gasteiger partial charge is 0.460 e. The molecule has 12 nitrogen and oxygen atoms in total. The Morgan fingerprint density at radius 3 is 1.92 bits per heavy atom. The lowest BCUT2D eigenvalue weighted by Gasteiger charge is -2.26. The van der Waals surface area contributed by atoms with E-state index in [-0.39, 0.29) is 6.42 Å². The summed E-state index contributed by atoms with van der Waals surface area (Å²) >= 11 is 0. The average molecular weight is 553 g/mol. The first-order valence-electron chi connectivity index (χ1n) is 12.5. The highest BCUT2D eigenvalue weighted by atomic mass is 16.8. The molecule has 0 aromatic heterocycles. The lowest BCUT2D eigenvalue weighted by atomic mass is 10.0. The van der Waals surface area contributed by atoms with Gasteiger partial charge in [0, 0.05) is 6.42 Å². The van der Waals surface area contributed by atoms with Gasteiger partial charge in [-0.25, -0.2) is 14.4 Å². The highest BCUT2D eigenvalue weighted by Crippen LogP contribution is 2.12. The van der Waals surface area contributed by atoms with Crippen LogP contribution in [0.5, 0.6) is 0 Å². The minimum absolute atomic E-state index is 0.00739. The Labute approximate surface area is 229 Å². The van der Waals surface area contributed by atoms with Crippen LogP contribution in [-0.4, -0.2) is 66.3 Å². The number of rotatable bonds is 11. The first-order valence-corrected chi connectivity index (χ1v) is 12.5. The molecule has 2 atom stereocenters. The topological polar surface area (TPSA) is 156 Å². The maximum Gasteiger partial charge on any atom is 0.511 e. The summed E-state index contributed by atoms with van der Waals surface area (Å²) < 4.78 is 25.1. The summed E-state index contributed by atoms with van der Waals surface area (Å²) in [6, 6.07) is 6.06. The number of amides is 2. The van der Waals surface area contributed by atoms with E-state index < -0.39 is 72.7 Å². The second-order valence-electron chi connectivity index (χ2n) is 10.9. The predicted octanol–water partition coefficient (Wildman–Crippen LogP) is 3.40. The van der Waals surface area contributed by atoms with Crippen molar-refractivity contribution in [3.63, 3.8) is 0 Å². The molecule has 0 spiro atoms. The number of carbonyl (C=O) groups is 5. The third-order valence-electron chi connectivity index (χ3n) is 4.39. The summed E-state index contributed by atoms with van der Waals surface area (Å²) in [5.41, 5.74) is -1.02. The third-order valence-corrected chi connectivity index (χ3v) is 4.39. The Kier molecular flexibility index (Phi) is 12.7. The first kappa shape index (κ1) is 33.2. The molecule has 218 valence electrons. The van der Waals surface area contributed by atoms with Gasteiger partial charge in [0.2, 0.25) is 12.7 Å². The Bertz CT molecular complexity index is 951. The lowest BCUT2D eigenvalue weighted by molar-refractivity contribution is -0.157. The SMILES string of the molecule is CC(C)OC(=O)OCOC(=O)[C@H](Cc1ccccc1)NC(=O)[C@H](CC(=O)OC(C)(C)C)NC(=O)OC(C)(C)C. The fraction of sp³-hybridized carbons (Fsp3) is 0.593. The summed E-state index contributed by atoms with van der Waals surface area (Å²) in [6.07, 6.45) is -2.92. The number of benzene rings is 1. The number of nitrogens with one attached hydrogen (secondary N) is 2. The summed E-state index contributed by atoms with van der Waals surface area (Å²) in [6.45, 7) is 12.4. The van der Waals surface area contributed by atoms with Gasteiger partial charge < -0.3 is 34.3 Å². The zero-order valence-corrected chi connectivity index (χ0v) is 23.8. The van der Waals surface area contributed by atoms with Crippen LogP contribution >= 0.6 is 0 Å². The minimum Gasteiger partial charge on any atom is -0.460 e. The Morgan fingerprint density at radius 2 is 1.38 bits per heavy atom. The molecule has 0 saturated carbocycles. The molecule has 0 radical (unpaired) electrons. The van der Waals surface area contributed by atoms with Gasteiger partial charge in [0.1, 0.15) is 23.3 Å². The molecule has 0 heterocycles. The van der Waals surface area contributed by atoms with Gasteiger partial charge in [0.15, 0.2) is 0 Å². The van der Waals surface area contributed by atoms with E-state index in [2.05, 4.69) is 10.6 Å². The van der Waals surface area contributed by atoms with Crippen molar-refractivity contribution in [3.8, 4) is 0 Å². The lowest BCUT2D eigenvalue weighted by Crippen LogP contribution is -2.54. The van der Waals surface area contributed by atoms with Crippen LogP contribution in [-0.2, 0) is 44.5 Å². The number of alkyl carbamates (subject to hydrolysis) is 1. The maximum absolute atomic E-state index is 13.3. The molecule has 39 heavy (non-hydrogen) atoms. The van der Waals surface area contributed by atoms with Crippen LogP contribution in [0.2, 0.25) is 0 Å². The molecular weight excluding hydrogens is 512 g/mol. The standard InChI is InChI=1S/C27H40N2O10/c1-17(2)37-25(34)36-16-35-23(32)20(14-18-12-10-9-11-13-18)28-22(31)19(15-21(30)38-26(3,4)5)29-24(33)39-27(6,7)8/h9-13,17,19-20H,14-16H2,1-8H3,(H,28,31)(H,29,33)/t19-,20-/m0/s1. The molecule has 0 fully saturated rings. The Hall–Kier alpha value is -3.83. The zero-order valence-electron chi connectivity index (χ0n) is 23.8. The van der Waals surface area contributed by atoms with Crippen LogP contribution in [0.3, 0.4) is 0 Å². The van der Waals surface area contributed by atoms with E-state index in [0.717, 1.165) is 0 Å². The fourth-order valence-corrected chi connectivity index (χ4v) is 2.99. The van der Waals surface area contributed by atoms with Crippen molar-refractivity contribution in [3.05, 3.63) is 35.9 Å². The number of esters is 2. The fourth-order valence-electron chi connectivity index (χ4n) is 2.99. The highest BCUT2D eigenvalue weighted by molar-refractivity contribution is 5.92. The molecule has 0 aliphatic rings. The molecule has 0 saturated heterocycles. The van der Waals surface area contributed by atoms with Gasteiger partial charge in [0.05, 0.1) is 12.5 Å². The van der Waals surface area contributed by atoms with E-state index >= 15 is 0 Å². The summed E-state index contributed by atoms with van der Waals surface area (Å²) in [7, 11) is 0. The van der Waals surface area contributed by atoms with Gasteiger partial charge in [-0.15, -0.1) is 0 Å². The van der Waals surface area contributed by atoms with Gasteiger partial charge in [0.25, 0.3) is 0 Å². The monoisotopic (exact) mass is 552 g/mol. The van der Waals surface area contributed by atoms with Gasteiger partial charge in [-0.3, -0.25) is 9.59 Å².